The van der Waals surface area contributed by atoms with Crippen LogP contribution in [0.25, 0.3) is 0 Å². The monoisotopic (exact) mass is 164 g/mol. The summed E-state index contributed by atoms with van der Waals surface area (Å²) in [6.07, 6.45) is 8.19. The summed E-state index contributed by atoms with van der Waals surface area (Å²) in [6.45, 7) is 12.5. The normalized spacial score (nSPS) is 15.6. The highest BCUT2D eigenvalue weighted by Gasteiger charge is 2.08. The van der Waals surface area contributed by atoms with Gasteiger partial charge >= 0.3 is 0 Å². The van der Waals surface area contributed by atoms with Crippen LogP contribution < -0.4 is 0 Å². The fraction of sp³-hybridized carbons (Fsp3) is 0.500. The van der Waals surface area contributed by atoms with Crippen molar-refractivity contribution in [3.63, 3.8) is 0 Å². The van der Waals surface area contributed by atoms with E-state index in [9.17, 15) is 0 Å². The van der Waals surface area contributed by atoms with Crippen LogP contribution in [0.5, 0.6) is 0 Å². The standard InChI is InChI=1S/C12H20/c1-6-8-9-12(7-2)11(5)10(3)4/h6-11H,2H2,1,3-5H3/b8-6-,12-9+. The average Bonchev–Trinajstić information content (AvgIpc) is 2.05. The molecule has 1 atom stereocenters. The fourth-order valence-corrected chi connectivity index (χ4v) is 0.998. The van der Waals surface area contributed by atoms with Gasteiger partial charge in [0.25, 0.3) is 0 Å². The lowest BCUT2D eigenvalue weighted by molar-refractivity contribution is 0.488. The topological polar surface area (TPSA) is 0 Å². The third kappa shape index (κ3) is 3.56. The summed E-state index contributed by atoms with van der Waals surface area (Å²) in [4.78, 5) is 0. The fourth-order valence-electron chi connectivity index (χ4n) is 0.998. The minimum Gasteiger partial charge on any atom is -0.0988 e. The van der Waals surface area contributed by atoms with Crippen LogP contribution >= 0.6 is 0 Å². The molecule has 0 radical (unpaired) electrons. The Morgan fingerprint density at radius 3 is 2.17 bits per heavy atom. The average molecular weight is 164 g/mol. The Morgan fingerprint density at radius 1 is 1.25 bits per heavy atom. The minimum absolute atomic E-state index is 0.596. The van der Waals surface area contributed by atoms with Gasteiger partial charge in [0.15, 0.2) is 0 Å². The van der Waals surface area contributed by atoms with Gasteiger partial charge in [0.1, 0.15) is 0 Å². The molecule has 0 aromatic rings. The zero-order chi connectivity index (χ0) is 9.56. The highest BCUT2D eigenvalue weighted by molar-refractivity contribution is 5.24. The summed E-state index contributed by atoms with van der Waals surface area (Å²) in [7, 11) is 0. The van der Waals surface area contributed by atoms with Crippen LogP contribution in [0.3, 0.4) is 0 Å². The van der Waals surface area contributed by atoms with Crippen molar-refractivity contribution in [1.29, 1.82) is 0 Å². The van der Waals surface area contributed by atoms with Gasteiger partial charge in [-0.1, -0.05) is 51.7 Å². The molecule has 0 saturated heterocycles. The van der Waals surface area contributed by atoms with E-state index in [-0.39, 0.29) is 0 Å². The molecule has 0 spiro atoms. The molecule has 0 rings (SSSR count). The van der Waals surface area contributed by atoms with Crippen molar-refractivity contribution in [3.05, 3.63) is 36.5 Å². The molecule has 0 saturated carbocycles. The molecule has 0 aliphatic heterocycles. The van der Waals surface area contributed by atoms with Crippen molar-refractivity contribution < 1.29 is 0 Å². The molecular weight excluding hydrogens is 144 g/mol. The molecule has 0 nitrogen and oxygen atoms in total. The summed E-state index contributed by atoms with van der Waals surface area (Å²) in [5.41, 5.74) is 1.32. The van der Waals surface area contributed by atoms with Gasteiger partial charge in [-0.3, -0.25) is 0 Å². The van der Waals surface area contributed by atoms with Gasteiger partial charge in [0.05, 0.1) is 0 Å². The molecule has 0 amide bonds. The highest BCUT2D eigenvalue weighted by Crippen LogP contribution is 2.20. The van der Waals surface area contributed by atoms with E-state index in [1.807, 2.05) is 19.1 Å². The van der Waals surface area contributed by atoms with Crippen LogP contribution in [-0.4, -0.2) is 0 Å². The van der Waals surface area contributed by atoms with Gasteiger partial charge in [0.2, 0.25) is 0 Å². The predicted molar refractivity (Wildman–Crippen MR) is 57.1 cm³/mol. The van der Waals surface area contributed by atoms with E-state index in [1.165, 1.54) is 5.57 Å². The van der Waals surface area contributed by atoms with E-state index < -0.39 is 0 Å². The number of rotatable bonds is 4. The van der Waals surface area contributed by atoms with Crippen molar-refractivity contribution in [2.75, 3.05) is 0 Å². The van der Waals surface area contributed by atoms with Gasteiger partial charge in [-0.15, -0.1) is 0 Å². The van der Waals surface area contributed by atoms with Gasteiger partial charge in [0, 0.05) is 0 Å². The van der Waals surface area contributed by atoms with E-state index in [2.05, 4.69) is 39.5 Å². The van der Waals surface area contributed by atoms with E-state index in [4.69, 9.17) is 0 Å². The van der Waals surface area contributed by atoms with Crippen molar-refractivity contribution in [1.82, 2.24) is 0 Å². The van der Waals surface area contributed by atoms with Crippen molar-refractivity contribution in [2.45, 2.75) is 27.7 Å². The maximum atomic E-state index is 3.82. The zero-order valence-electron chi connectivity index (χ0n) is 8.67. The second kappa shape index (κ2) is 5.82. The number of hydrogen-bond donors (Lipinski definition) is 0. The molecule has 0 heteroatoms. The molecule has 0 bridgehead atoms. The van der Waals surface area contributed by atoms with E-state index in [0.29, 0.717) is 11.8 Å². The maximum Gasteiger partial charge on any atom is -0.0167 e. The first kappa shape index (κ1) is 11.2. The summed E-state index contributed by atoms with van der Waals surface area (Å²) in [5.74, 6) is 1.28. The molecular formula is C12H20. The maximum absolute atomic E-state index is 3.82. The van der Waals surface area contributed by atoms with Crippen LogP contribution in [0, 0.1) is 11.8 Å². The summed E-state index contributed by atoms with van der Waals surface area (Å²) >= 11 is 0. The van der Waals surface area contributed by atoms with E-state index in [0.717, 1.165) is 0 Å². The Kier molecular flexibility index (Phi) is 5.44. The van der Waals surface area contributed by atoms with Crippen LogP contribution in [0.15, 0.2) is 36.5 Å². The van der Waals surface area contributed by atoms with Crippen molar-refractivity contribution in [2.24, 2.45) is 11.8 Å². The smallest absolute Gasteiger partial charge is 0.0167 e. The zero-order valence-corrected chi connectivity index (χ0v) is 8.67. The number of allylic oxidation sites excluding steroid dienone is 5. The predicted octanol–water partition coefficient (Wildman–Crippen LogP) is 3.97. The molecule has 68 valence electrons. The van der Waals surface area contributed by atoms with Gasteiger partial charge in [-0.05, 0) is 24.3 Å². The molecule has 0 aliphatic carbocycles. The second-order valence-electron chi connectivity index (χ2n) is 3.43. The number of hydrogen-bond acceptors (Lipinski definition) is 0. The molecule has 12 heavy (non-hydrogen) atoms. The lowest BCUT2D eigenvalue weighted by atomic mass is 9.90. The van der Waals surface area contributed by atoms with E-state index >= 15 is 0 Å². The highest BCUT2D eigenvalue weighted by atomic mass is 14.1. The molecule has 1 unspecified atom stereocenters. The molecule has 0 aliphatic rings. The lowest BCUT2D eigenvalue weighted by Gasteiger charge is -2.16. The summed E-state index contributed by atoms with van der Waals surface area (Å²) in [5, 5.41) is 0. The van der Waals surface area contributed by atoms with Crippen LogP contribution in [-0.2, 0) is 0 Å². The Morgan fingerprint density at radius 2 is 1.83 bits per heavy atom. The third-order valence-electron chi connectivity index (χ3n) is 2.24. The molecule has 0 aromatic carbocycles. The Labute approximate surface area is 76.7 Å². The molecule has 0 fully saturated rings. The Balaban J connectivity index is 4.43. The van der Waals surface area contributed by atoms with E-state index in [1.54, 1.807) is 0 Å². The lowest BCUT2D eigenvalue weighted by Crippen LogP contribution is -2.05. The molecule has 0 N–H and O–H groups in total. The third-order valence-corrected chi connectivity index (χ3v) is 2.24. The largest absolute Gasteiger partial charge is 0.0988 e. The second-order valence-corrected chi connectivity index (χ2v) is 3.43. The van der Waals surface area contributed by atoms with Crippen molar-refractivity contribution >= 4 is 0 Å². The van der Waals surface area contributed by atoms with Crippen molar-refractivity contribution in [3.8, 4) is 0 Å². The quantitative estimate of drug-likeness (QED) is 0.551. The van der Waals surface area contributed by atoms with Gasteiger partial charge < -0.3 is 0 Å². The van der Waals surface area contributed by atoms with Gasteiger partial charge in [-0.25, -0.2) is 0 Å². The van der Waals surface area contributed by atoms with Crippen LogP contribution in [0.4, 0.5) is 0 Å². The first-order valence-corrected chi connectivity index (χ1v) is 4.58. The minimum atomic E-state index is 0.596. The van der Waals surface area contributed by atoms with Crippen LogP contribution in [0.1, 0.15) is 27.7 Å². The first-order valence-electron chi connectivity index (χ1n) is 4.58. The van der Waals surface area contributed by atoms with Crippen LogP contribution in [0.2, 0.25) is 0 Å². The molecule has 0 aromatic heterocycles. The molecule has 0 heterocycles. The summed E-state index contributed by atoms with van der Waals surface area (Å²) < 4.78 is 0. The van der Waals surface area contributed by atoms with Gasteiger partial charge in [-0.2, -0.15) is 0 Å². The Hall–Kier alpha value is -0.780. The Bertz CT molecular complexity index is 182. The first-order chi connectivity index (χ1) is 5.63. The summed E-state index contributed by atoms with van der Waals surface area (Å²) in [6, 6.07) is 0. The SMILES string of the molecule is C=C/C(=C\C=C/C)C(C)C(C)C.